The Bertz CT molecular complexity index is 507. The molecule has 1 amide bonds. The largest absolute Gasteiger partial charge is 0.480 e. The maximum Gasteiger partial charge on any atom is 0.320 e. The molecular formula is C15H21ClN2O3. The maximum absolute atomic E-state index is 11.6. The number of likely N-dealkylation sites (tertiary alicyclic amines) is 1. The molecule has 1 aliphatic rings. The summed E-state index contributed by atoms with van der Waals surface area (Å²) in [4.78, 5) is 24.9. The van der Waals surface area contributed by atoms with E-state index in [1.165, 1.54) is 0 Å². The summed E-state index contributed by atoms with van der Waals surface area (Å²) in [5, 5.41) is 11.9. The highest BCUT2D eigenvalue weighted by Crippen LogP contribution is 2.20. The summed E-state index contributed by atoms with van der Waals surface area (Å²) in [5.41, 5.74) is 1.58. The predicted octanol–water partition coefficient (Wildman–Crippen LogP) is 1.91. The normalized spacial score (nSPS) is 18.6. The third-order valence-electron chi connectivity index (χ3n) is 3.70. The van der Waals surface area contributed by atoms with Crippen LogP contribution in [0.1, 0.15) is 35.2 Å². The molecule has 0 saturated carbocycles. The average Bonchev–Trinajstić information content (AvgIpc) is 2.47. The molecule has 21 heavy (non-hydrogen) atoms. The van der Waals surface area contributed by atoms with Gasteiger partial charge in [0.15, 0.2) is 0 Å². The van der Waals surface area contributed by atoms with E-state index < -0.39 is 12.0 Å². The number of rotatable bonds is 4. The Kier molecular flexibility index (Phi) is 6.65. The van der Waals surface area contributed by atoms with Crippen LogP contribution in [-0.4, -0.2) is 41.5 Å². The molecule has 1 aliphatic heterocycles. The molecule has 1 saturated heterocycles. The fourth-order valence-corrected chi connectivity index (χ4v) is 2.65. The lowest BCUT2D eigenvalue weighted by Crippen LogP contribution is -2.44. The van der Waals surface area contributed by atoms with Crippen LogP contribution in [0.15, 0.2) is 24.3 Å². The van der Waals surface area contributed by atoms with Crippen molar-refractivity contribution in [3.8, 4) is 0 Å². The molecule has 1 unspecified atom stereocenters. The molecule has 2 rings (SSSR count). The first-order valence-corrected chi connectivity index (χ1v) is 6.89. The van der Waals surface area contributed by atoms with Gasteiger partial charge in [0.2, 0.25) is 0 Å². The number of amides is 1. The van der Waals surface area contributed by atoms with E-state index in [4.69, 9.17) is 0 Å². The monoisotopic (exact) mass is 312 g/mol. The molecule has 1 aromatic rings. The number of hydrogen-bond acceptors (Lipinski definition) is 3. The van der Waals surface area contributed by atoms with Crippen molar-refractivity contribution in [3.05, 3.63) is 35.4 Å². The van der Waals surface area contributed by atoms with Crippen LogP contribution in [0.3, 0.4) is 0 Å². The zero-order valence-corrected chi connectivity index (χ0v) is 12.9. The van der Waals surface area contributed by atoms with E-state index in [1.54, 1.807) is 13.1 Å². The molecule has 1 fully saturated rings. The first-order chi connectivity index (χ1) is 9.61. The van der Waals surface area contributed by atoms with Gasteiger partial charge in [0, 0.05) is 19.2 Å². The number of carboxylic acids is 1. The Labute approximate surface area is 130 Å². The van der Waals surface area contributed by atoms with E-state index in [0.717, 1.165) is 24.9 Å². The van der Waals surface area contributed by atoms with Crippen LogP contribution >= 0.6 is 12.4 Å². The van der Waals surface area contributed by atoms with Crippen molar-refractivity contribution in [1.29, 1.82) is 0 Å². The van der Waals surface area contributed by atoms with Crippen LogP contribution in [0.2, 0.25) is 0 Å². The number of carbonyl (C=O) groups is 2. The van der Waals surface area contributed by atoms with Crippen LogP contribution in [0, 0.1) is 0 Å². The van der Waals surface area contributed by atoms with Gasteiger partial charge in [-0.1, -0.05) is 18.6 Å². The van der Waals surface area contributed by atoms with Gasteiger partial charge in [0.25, 0.3) is 5.91 Å². The van der Waals surface area contributed by atoms with E-state index in [2.05, 4.69) is 5.32 Å². The van der Waals surface area contributed by atoms with Gasteiger partial charge in [0.1, 0.15) is 6.04 Å². The minimum Gasteiger partial charge on any atom is -0.480 e. The first kappa shape index (κ1) is 17.5. The van der Waals surface area contributed by atoms with Gasteiger partial charge in [-0.15, -0.1) is 12.4 Å². The molecule has 1 heterocycles. The fourth-order valence-electron chi connectivity index (χ4n) is 2.65. The summed E-state index contributed by atoms with van der Waals surface area (Å²) < 4.78 is 0. The number of carboxylic acid groups (broad SMARTS) is 1. The van der Waals surface area contributed by atoms with Gasteiger partial charge in [-0.2, -0.15) is 0 Å². The minimum atomic E-state index is -0.757. The van der Waals surface area contributed by atoms with Crippen molar-refractivity contribution in [3.63, 3.8) is 0 Å². The van der Waals surface area contributed by atoms with Crippen LogP contribution in [-0.2, 0) is 11.3 Å². The lowest BCUT2D eigenvalue weighted by atomic mass is 10.0. The quantitative estimate of drug-likeness (QED) is 0.891. The van der Waals surface area contributed by atoms with Crippen LogP contribution in [0.25, 0.3) is 0 Å². The Morgan fingerprint density at radius 3 is 2.81 bits per heavy atom. The maximum atomic E-state index is 11.6. The van der Waals surface area contributed by atoms with E-state index in [9.17, 15) is 14.7 Å². The van der Waals surface area contributed by atoms with Crippen LogP contribution in [0.5, 0.6) is 0 Å². The van der Waals surface area contributed by atoms with E-state index in [0.29, 0.717) is 18.5 Å². The zero-order chi connectivity index (χ0) is 14.5. The Morgan fingerprint density at radius 1 is 1.38 bits per heavy atom. The number of piperidine rings is 1. The van der Waals surface area contributed by atoms with Crippen molar-refractivity contribution in [2.24, 2.45) is 0 Å². The van der Waals surface area contributed by atoms with Crippen molar-refractivity contribution in [2.45, 2.75) is 31.8 Å². The predicted molar refractivity (Wildman–Crippen MR) is 82.8 cm³/mol. The summed E-state index contributed by atoms with van der Waals surface area (Å²) in [5.74, 6) is -0.882. The van der Waals surface area contributed by atoms with Gasteiger partial charge >= 0.3 is 5.97 Å². The van der Waals surface area contributed by atoms with Crippen molar-refractivity contribution >= 4 is 24.3 Å². The summed E-state index contributed by atoms with van der Waals surface area (Å²) in [6.45, 7) is 1.36. The molecule has 2 N–H and O–H groups in total. The van der Waals surface area contributed by atoms with E-state index >= 15 is 0 Å². The highest BCUT2D eigenvalue weighted by molar-refractivity contribution is 5.94. The van der Waals surface area contributed by atoms with Gasteiger partial charge in [-0.05, 0) is 37.1 Å². The van der Waals surface area contributed by atoms with Gasteiger partial charge in [-0.25, -0.2) is 0 Å². The van der Waals surface area contributed by atoms with Gasteiger partial charge < -0.3 is 10.4 Å². The average molecular weight is 313 g/mol. The third-order valence-corrected chi connectivity index (χ3v) is 3.70. The minimum absolute atomic E-state index is 0. The molecule has 0 aliphatic carbocycles. The van der Waals surface area contributed by atoms with Crippen LogP contribution in [0.4, 0.5) is 0 Å². The molecule has 5 nitrogen and oxygen atoms in total. The highest BCUT2D eigenvalue weighted by Gasteiger charge is 2.28. The fraction of sp³-hybridized carbons (Fsp3) is 0.467. The molecule has 0 aromatic heterocycles. The number of carbonyl (C=O) groups excluding carboxylic acids is 1. The topological polar surface area (TPSA) is 69.6 Å². The Morgan fingerprint density at radius 2 is 2.14 bits per heavy atom. The highest BCUT2D eigenvalue weighted by atomic mass is 35.5. The standard InChI is InChI=1S/C15H20N2O3.ClH/c1-16-14(18)12-6-4-5-11(9-12)10-17-8-3-2-7-13(17)15(19)20;/h4-6,9,13H,2-3,7-8,10H2,1H3,(H,16,18)(H,19,20);1H. The summed E-state index contributed by atoms with van der Waals surface area (Å²) >= 11 is 0. The van der Waals surface area contributed by atoms with Crippen molar-refractivity contribution < 1.29 is 14.7 Å². The molecule has 0 spiro atoms. The van der Waals surface area contributed by atoms with Gasteiger partial charge in [0.05, 0.1) is 0 Å². The van der Waals surface area contributed by atoms with Crippen molar-refractivity contribution in [2.75, 3.05) is 13.6 Å². The van der Waals surface area contributed by atoms with E-state index in [1.807, 2.05) is 23.1 Å². The lowest BCUT2D eigenvalue weighted by Gasteiger charge is -2.32. The molecule has 0 radical (unpaired) electrons. The number of aliphatic carboxylic acids is 1. The van der Waals surface area contributed by atoms with E-state index in [-0.39, 0.29) is 18.3 Å². The summed E-state index contributed by atoms with van der Waals surface area (Å²) in [6.07, 6.45) is 2.69. The Balaban J connectivity index is 0.00000220. The second-order valence-electron chi connectivity index (χ2n) is 5.10. The van der Waals surface area contributed by atoms with Crippen molar-refractivity contribution in [1.82, 2.24) is 10.2 Å². The SMILES string of the molecule is CNC(=O)c1cccc(CN2CCCCC2C(=O)O)c1.Cl. The molecule has 0 bridgehead atoms. The third kappa shape index (κ3) is 4.44. The molecular weight excluding hydrogens is 292 g/mol. The second-order valence-corrected chi connectivity index (χ2v) is 5.10. The number of halogens is 1. The molecule has 116 valence electrons. The Hall–Kier alpha value is -1.59. The zero-order valence-electron chi connectivity index (χ0n) is 12.0. The molecule has 1 aromatic carbocycles. The molecule has 6 heteroatoms. The van der Waals surface area contributed by atoms with Crippen LogP contribution < -0.4 is 5.32 Å². The summed E-state index contributed by atoms with van der Waals surface area (Å²) in [6, 6.07) is 6.94. The number of benzene rings is 1. The molecule has 1 atom stereocenters. The lowest BCUT2D eigenvalue weighted by molar-refractivity contribution is -0.144. The number of hydrogen-bond donors (Lipinski definition) is 2. The second kappa shape index (κ2) is 8.00. The van der Waals surface area contributed by atoms with Gasteiger partial charge in [-0.3, -0.25) is 14.5 Å². The number of nitrogens with one attached hydrogen (secondary N) is 1. The summed E-state index contributed by atoms with van der Waals surface area (Å²) in [7, 11) is 1.60. The number of nitrogens with zero attached hydrogens (tertiary/aromatic N) is 1. The smallest absolute Gasteiger partial charge is 0.320 e. The first-order valence-electron chi connectivity index (χ1n) is 6.89.